The number of carbonyl (C=O) groups excluding carboxylic acids is 1. The fourth-order valence-electron chi connectivity index (χ4n) is 4.86. The van der Waals surface area contributed by atoms with Crippen molar-refractivity contribution in [1.82, 2.24) is 20.2 Å². The largest absolute Gasteiger partial charge is 0.497 e. The molecule has 3 heterocycles. The normalized spacial score (nSPS) is 20.6. The number of hydrogen-bond acceptors (Lipinski definition) is 7. The summed E-state index contributed by atoms with van der Waals surface area (Å²) in [6, 6.07) is 11.9. The first-order valence-corrected chi connectivity index (χ1v) is 10.7. The molecule has 1 amide bonds. The van der Waals surface area contributed by atoms with Gasteiger partial charge in [0.25, 0.3) is 5.88 Å². The number of nitrogens with one attached hydrogen (secondary N) is 3. The van der Waals surface area contributed by atoms with Crippen molar-refractivity contribution in [3.63, 3.8) is 0 Å². The Morgan fingerprint density at radius 3 is 2.82 bits per heavy atom. The highest BCUT2D eigenvalue weighted by Crippen LogP contribution is 2.65. The van der Waals surface area contributed by atoms with Gasteiger partial charge in [-0.2, -0.15) is 5.10 Å². The molecule has 2 aromatic carbocycles. The zero-order chi connectivity index (χ0) is 22.7. The maximum atomic E-state index is 13.0. The second kappa shape index (κ2) is 6.93. The summed E-state index contributed by atoms with van der Waals surface area (Å²) in [6.45, 7) is 1.87. The third kappa shape index (κ3) is 2.85. The summed E-state index contributed by atoms with van der Waals surface area (Å²) in [5.74, 6) is 2.43. The quantitative estimate of drug-likeness (QED) is 0.431. The van der Waals surface area contributed by atoms with E-state index in [4.69, 9.17) is 9.47 Å². The van der Waals surface area contributed by atoms with Crippen LogP contribution in [-0.4, -0.2) is 40.3 Å². The average molecular weight is 442 g/mol. The summed E-state index contributed by atoms with van der Waals surface area (Å²) in [6.07, 6.45) is 2.41. The summed E-state index contributed by atoms with van der Waals surface area (Å²) in [5.41, 5.74) is 4.08. The Labute approximate surface area is 189 Å². The van der Waals surface area contributed by atoms with Crippen LogP contribution in [0.25, 0.3) is 10.9 Å². The van der Waals surface area contributed by atoms with E-state index in [1.807, 2.05) is 31.2 Å². The van der Waals surface area contributed by atoms with Crippen LogP contribution in [0.3, 0.4) is 0 Å². The minimum absolute atomic E-state index is 0.0490. The van der Waals surface area contributed by atoms with Crippen molar-refractivity contribution >= 4 is 34.1 Å². The fraction of sp³-hybridized carbons (Fsp3) is 0.250. The number of H-pyrrole nitrogens is 1. The van der Waals surface area contributed by atoms with Crippen molar-refractivity contribution < 1.29 is 14.3 Å². The number of nitrogens with zero attached hydrogens (tertiary/aromatic N) is 3. The topological polar surface area (TPSA) is 114 Å². The van der Waals surface area contributed by atoms with Gasteiger partial charge in [-0.3, -0.25) is 9.89 Å². The van der Waals surface area contributed by atoms with E-state index in [9.17, 15) is 4.79 Å². The van der Waals surface area contributed by atoms with Gasteiger partial charge in [0.2, 0.25) is 5.91 Å². The molecule has 6 rings (SSSR count). The maximum Gasteiger partial charge on any atom is 0.257 e. The second-order valence-corrected chi connectivity index (χ2v) is 8.47. The van der Waals surface area contributed by atoms with E-state index in [1.54, 1.807) is 20.4 Å². The molecule has 2 aromatic heterocycles. The second-order valence-electron chi connectivity index (χ2n) is 8.47. The van der Waals surface area contributed by atoms with Crippen LogP contribution in [0.1, 0.15) is 29.2 Å². The highest BCUT2D eigenvalue weighted by atomic mass is 16.5. The lowest BCUT2D eigenvalue weighted by Crippen LogP contribution is -2.21. The molecule has 4 aromatic rings. The molecule has 0 unspecified atom stereocenters. The lowest BCUT2D eigenvalue weighted by Gasteiger charge is -2.10. The van der Waals surface area contributed by atoms with Crippen LogP contribution in [0.2, 0.25) is 0 Å². The zero-order valence-electron chi connectivity index (χ0n) is 18.4. The van der Waals surface area contributed by atoms with Crippen molar-refractivity contribution in [3.8, 4) is 11.6 Å². The van der Waals surface area contributed by atoms with E-state index in [0.717, 1.165) is 45.6 Å². The van der Waals surface area contributed by atoms with Crippen LogP contribution in [-0.2, 0) is 10.2 Å². The first kappa shape index (κ1) is 19.5. The first-order chi connectivity index (χ1) is 16.0. The predicted molar refractivity (Wildman–Crippen MR) is 123 cm³/mol. The average Bonchev–Trinajstić information content (AvgIpc) is 3.38. The van der Waals surface area contributed by atoms with E-state index < -0.39 is 5.41 Å². The van der Waals surface area contributed by atoms with Crippen LogP contribution >= 0.6 is 0 Å². The maximum absolute atomic E-state index is 13.0. The molecule has 1 saturated carbocycles. The van der Waals surface area contributed by atoms with Gasteiger partial charge in [0, 0.05) is 17.0 Å². The molecule has 1 spiro atoms. The predicted octanol–water partition coefficient (Wildman–Crippen LogP) is 3.80. The van der Waals surface area contributed by atoms with E-state index in [0.29, 0.717) is 17.5 Å². The van der Waals surface area contributed by atoms with Crippen LogP contribution < -0.4 is 20.1 Å². The number of benzene rings is 2. The molecule has 0 radical (unpaired) electrons. The van der Waals surface area contributed by atoms with Gasteiger partial charge in [-0.1, -0.05) is 6.07 Å². The molecule has 2 aliphatic rings. The van der Waals surface area contributed by atoms with Crippen molar-refractivity contribution in [3.05, 3.63) is 59.4 Å². The van der Waals surface area contributed by atoms with E-state index in [-0.39, 0.29) is 11.8 Å². The Balaban J connectivity index is 1.33. The molecule has 1 aliphatic heterocycles. The molecule has 9 heteroatoms. The van der Waals surface area contributed by atoms with Gasteiger partial charge in [0.15, 0.2) is 11.6 Å². The number of aromatic amines is 1. The molecule has 3 N–H and O–H groups in total. The number of amides is 1. The third-order valence-electron chi connectivity index (χ3n) is 6.60. The number of methoxy groups -OCH3 is 2. The number of ether oxygens (including phenoxy) is 2. The molecule has 33 heavy (non-hydrogen) atoms. The number of anilines is 3. The summed E-state index contributed by atoms with van der Waals surface area (Å²) >= 11 is 0. The molecule has 9 nitrogen and oxygen atoms in total. The number of carbonyl (C=O) groups is 1. The number of aryl methyl sites for hydroxylation is 1. The summed E-state index contributed by atoms with van der Waals surface area (Å²) in [7, 11) is 3.19. The molecule has 166 valence electrons. The molecular formula is C24H22N6O3. The Hall–Kier alpha value is -4.14. The Kier molecular flexibility index (Phi) is 4.10. The van der Waals surface area contributed by atoms with Gasteiger partial charge < -0.3 is 20.1 Å². The zero-order valence-corrected chi connectivity index (χ0v) is 18.4. The Bertz CT molecular complexity index is 1430. The van der Waals surface area contributed by atoms with E-state index in [2.05, 4.69) is 42.9 Å². The van der Waals surface area contributed by atoms with Crippen molar-refractivity contribution in [2.45, 2.75) is 24.7 Å². The minimum atomic E-state index is -0.539. The Morgan fingerprint density at radius 2 is 2.00 bits per heavy atom. The lowest BCUT2D eigenvalue weighted by atomic mass is 9.91. The van der Waals surface area contributed by atoms with Crippen LogP contribution in [0, 0.1) is 6.92 Å². The van der Waals surface area contributed by atoms with E-state index in [1.165, 1.54) is 0 Å². The highest BCUT2D eigenvalue weighted by molar-refractivity contribution is 6.10. The smallest absolute Gasteiger partial charge is 0.257 e. The van der Waals surface area contributed by atoms with Crippen LogP contribution in [0.15, 0.2) is 42.6 Å². The van der Waals surface area contributed by atoms with Crippen LogP contribution in [0.5, 0.6) is 11.6 Å². The first-order valence-electron chi connectivity index (χ1n) is 10.7. The molecule has 1 fully saturated rings. The molecule has 2 atom stereocenters. The van der Waals surface area contributed by atoms with Crippen molar-refractivity contribution in [2.75, 3.05) is 24.9 Å². The Morgan fingerprint density at radius 1 is 1.12 bits per heavy atom. The van der Waals surface area contributed by atoms with Gasteiger partial charge in [-0.05, 0) is 54.8 Å². The van der Waals surface area contributed by atoms with Gasteiger partial charge in [-0.25, -0.2) is 9.97 Å². The third-order valence-corrected chi connectivity index (χ3v) is 6.60. The SMILES string of the molecule is COc1ccc2c(c1)[C@]1(C[C@H]1c1ccc3c(Nc4nc(C)cnc4OC)n[nH]c3c1)C(=O)N2. The molecule has 1 aliphatic carbocycles. The van der Waals surface area contributed by atoms with Crippen molar-refractivity contribution in [1.29, 1.82) is 0 Å². The van der Waals surface area contributed by atoms with Crippen molar-refractivity contribution in [2.24, 2.45) is 0 Å². The minimum Gasteiger partial charge on any atom is -0.497 e. The summed E-state index contributed by atoms with van der Waals surface area (Å²) in [4.78, 5) is 21.7. The number of aromatic nitrogens is 4. The number of hydrogen-bond donors (Lipinski definition) is 3. The number of rotatable bonds is 5. The van der Waals surface area contributed by atoms with Crippen LogP contribution in [0.4, 0.5) is 17.3 Å². The molecular weight excluding hydrogens is 420 g/mol. The monoisotopic (exact) mass is 442 g/mol. The highest BCUT2D eigenvalue weighted by Gasteiger charge is 2.65. The van der Waals surface area contributed by atoms with Gasteiger partial charge in [0.1, 0.15) is 5.75 Å². The number of fused-ring (bicyclic) bond motifs is 3. The molecule has 0 saturated heterocycles. The lowest BCUT2D eigenvalue weighted by molar-refractivity contribution is -0.118. The van der Waals surface area contributed by atoms with Gasteiger partial charge in [-0.15, -0.1) is 0 Å². The van der Waals surface area contributed by atoms with Gasteiger partial charge >= 0.3 is 0 Å². The standard InChI is InChI=1S/C24H22N6O3/c1-12-11-25-22(33-3)21(26-12)28-20-15-6-4-13(8-19(15)29-30-20)17-10-24(17)16-9-14(32-2)5-7-18(16)27-23(24)31/h4-9,11,17H,10H2,1-3H3,(H,27,31)(H2,26,28,29,30)/t17-,24-/m0/s1. The summed E-state index contributed by atoms with van der Waals surface area (Å²) in [5, 5.41) is 14.7. The van der Waals surface area contributed by atoms with E-state index >= 15 is 0 Å². The van der Waals surface area contributed by atoms with Gasteiger partial charge in [0.05, 0.1) is 37.0 Å². The fourth-order valence-corrected chi connectivity index (χ4v) is 4.86. The summed E-state index contributed by atoms with van der Waals surface area (Å²) < 4.78 is 10.7. The molecule has 0 bridgehead atoms.